The highest BCUT2D eigenvalue weighted by Gasteiger charge is 2.27. The molecule has 0 aliphatic carbocycles. The number of carbonyl (C=O) groups is 1. The molecule has 0 spiro atoms. The van der Waals surface area contributed by atoms with Crippen molar-refractivity contribution in [2.24, 2.45) is 0 Å². The number of anilines is 1. The molecular weight excluding hydrogens is 424 g/mol. The van der Waals surface area contributed by atoms with Crippen LogP contribution in [0.1, 0.15) is 21.5 Å². The molecule has 0 bridgehead atoms. The van der Waals surface area contributed by atoms with Crippen LogP contribution in [0.15, 0.2) is 70.7 Å². The summed E-state index contributed by atoms with van der Waals surface area (Å²) in [5.41, 5.74) is 3.61. The number of aromatic nitrogens is 1. The summed E-state index contributed by atoms with van der Waals surface area (Å²) in [4.78, 5) is 33.6. The molecule has 2 aromatic carbocycles. The van der Waals surface area contributed by atoms with Crippen molar-refractivity contribution in [1.82, 2.24) is 9.88 Å². The highest BCUT2D eigenvalue weighted by atomic mass is 32.2. The number of benzene rings is 2. The van der Waals surface area contributed by atoms with Crippen molar-refractivity contribution in [2.45, 2.75) is 23.8 Å². The first-order valence-corrected chi connectivity index (χ1v) is 11.2. The molecule has 0 saturated carbocycles. The topological polar surface area (TPSA) is 79.6 Å². The van der Waals surface area contributed by atoms with Gasteiger partial charge in [-0.3, -0.25) is 14.9 Å². The lowest BCUT2D eigenvalue weighted by Crippen LogP contribution is -2.49. The summed E-state index contributed by atoms with van der Waals surface area (Å²) in [6, 6.07) is 16.6. The Hall–Kier alpha value is -3.39. The molecule has 2 heterocycles. The number of amides is 1. The van der Waals surface area contributed by atoms with E-state index in [9.17, 15) is 14.9 Å². The fourth-order valence-corrected chi connectivity index (χ4v) is 4.80. The molecule has 4 rings (SSSR count). The second-order valence-corrected chi connectivity index (χ2v) is 8.78. The van der Waals surface area contributed by atoms with E-state index in [4.69, 9.17) is 0 Å². The van der Waals surface area contributed by atoms with Gasteiger partial charge in [-0.15, -0.1) is 0 Å². The van der Waals surface area contributed by atoms with Gasteiger partial charge in [0.05, 0.1) is 10.5 Å². The number of nitro groups is 1. The predicted octanol–water partition coefficient (Wildman–Crippen LogP) is 4.72. The van der Waals surface area contributed by atoms with Gasteiger partial charge in [-0.05, 0) is 43.7 Å². The number of hydrogen-bond donors (Lipinski definition) is 0. The minimum Gasteiger partial charge on any atom is -0.362 e. The van der Waals surface area contributed by atoms with Crippen molar-refractivity contribution in [3.63, 3.8) is 0 Å². The second kappa shape index (κ2) is 9.40. The van der Waals surface area contributed by atoms with Crippen molar-refractivity contribution < 1.29 is 9.72 Å². The Labute approximate surface area is 191 Å². The van der Waals surface area contributed by atoms with Gasteiger partial charge in [-0.25, -0.2) is 4.98 Å². The zero-order valence-electron chi connectivity index (χ0n) is 18.0. The van der Waals surface area contributed by atoms with E-state index in [-0.39, 0.29) is 16.5 Å². The number of nitro benzene ring substituents is 1. The van der Waals surface area contributed by atoms with Gasteiger partial charge in [0.1, 0.15) is 10.7 Å². The monoisotopic (exact) mass is 448 g/mol. The summed E-state index contributed by atoms with van der Waals surface area (Å²) in [6.07, 6.45) is 1.70. The summed E-state index contributed by atoms with van der Waals surface area (Å²) in [5.74, 6) is -0.0624. The van der Waals surface area contributed by atoms with Crippen molar-refractivity contribution in [3.8, 4) is 0 Å². The lowest BCUT2D eigenvalue weighted by molar-refractivity contribution is -0.384. The van der Waals surface area contributed by atoms with Crippen LogP contribution in [-0.2, 0) is 0 Å². The number of rotatable bonds is 5. The van der Waals surface area contributed by atoms with Gasteiger partial charge in [0.25, 0.3) is 11.6 Å². The van der Waals surface area contributed by atoms with E-state index in [1.807, 2.05) is 11.0 Å². The van der Waals surface area contributed by atoms with Crippen LogP contribution in [-0.4, -0.2) is 46.9 Å². The number of piperazine rings is 1. The van der Waals surface area contributed by atoms with E-state index in [1.165, 1.54) is 23.4 Å². The first kappa shape index (κ1) is 21.8. The lowest BCUT2D eigenvalue weighted by Gasteiger charge is -2.36. The summed E-state index contributed by atoms with van der Waals surface area (Å²) >= 11 is 1.50. The van der Waals surface area contributed by atoms with E-state index < -0.39 is 0 Å². The number of para-hydroxylation sites is 2. The lowest BCUT2D eigenvalue weighted by atomic mass is 10.2. The van der Waals surface area contributed by atoms with Gasteiger partial charge in [-0.1, -0.05) is 41.6 Å². The maximum atomic E-state index is 13.3. The van der Waals surface area contributed by atoms with E-state index >= 15 is 0 Å². The molecule has 0 radical (unpaired) electrons. The summed E-state index contributed by atoms with van der Waals surface area (Å²) in [7, 11) is 0. The first-order valence-electron chi connectivity index (χ1n) is 10.4. The Morgan fingerprint density at radius 3 is 2.50 bits per heavy atom. The van der Waals surface area contributed by atoms with Crippen LogP contribution in [0.4, 0.5) is 11.4 Å². The maximum Gasteiger partial charge on any atom is 0.292 e. The van der Waals surface area contributed by atoms with Gasteiger partial charge in [0.15, 0.2) is 0 Å². The van der Waals surface area contributed by atoms with Gasteiger partial charge >= 0.3 is 0 Å². The smallest absolute Gasteiger partial charge is 0.292 e. The third kappa shape index (κ3) is 4.60. The number of hydrogen-bond acceptors (Lipinski definition) is 6. The van der Waals surface area contributed by atoms with E-state index in [0.29, 0.717) is 42.5 Å². The van der Waals surface area contributed by atoms with Crippen LogP contribution in [0.25, 0.3) is 0 Å². The number of pyridine rings is 1. The van der Waals surface area contributed by atoms with Crippen LogP contribution in [0.5, 0.6) is 0 Å². The fourth-order valence-electron chi connectivity index (χ4n) is 3.86. The minimum absolute atomic E-state index is 0.0624. The van der Waals surface area contributed by atoms with Gasteiger partial charge in [0.2, 0.25) is 0 Å². The minimum atomic E-state index is -0.362. The predicted molar refractivity (Wildman–Crippen MR) is 125 cm³/mol. The Kier molecular flexibility index (Phi) is 6.41. The molecule has 32 heavy (non-hydrogen) atoms. The molecule has 3 aromatic rings. The highest BCUT2D eigenvalue weighted by molar-refractivity contribution is 7.99. The Morgan fingerprint density at radius 1 is 1.03 bits per heavy atom. The van der Waals surface area contributed by atoms with Crippen LogP contribution in [0.3, 0.4) is 0 Å². The van der Waals surface area contributed by atoms with Crippen LogP contribution in [0, 0.1) is 24.0 Å². The van der Waals surface area contributed by atoms with Gasteiger partial charge < -0.3 is 9.80 Å². The second-order valence-electron chi connectivity index (χ2n) is 7.75. The molecule has 0 unspecified atom stereocenters. The number of aryl methyl sites for hydroxylation is 2. The standard InChI is InChI=1S/C24H24N4O3S/c1-17-9-10-22(18(2)16-17)32-23-19(6-5-11-25-23)24(29)27-14-12-26(13-15-27)20-7-3-4-8-21(20)28(30)31/h3-11,16H,12-15H2,1-2H3. The quantitative estimate of drug-likeness (QED) is 0.415. The highest BCUT2D eigenvalue weighted by Crippen LogP contribution is 2.33. The molecule has 1 aliphatic heterocycles. The van der Waals surface area contributed by atoms with Crippen LogP contribution < -0.4 is 4.90 Å². The molecule has 0 N–H and O–H groups in total. The molecule has 1 fully saturated rings. The Morgan fingerprint density at radius 2 is 1.78 bits per heavy atom. The molecule has 164 valence electrons. The van der Waals surface area contributed by atoms with Crippen molar-refractivity contribution in [2.75, 3.05) is 31.1 Å². The van der Waals surface area contributed by atoms with Crippen LogP contribution in [0.2, 0.25) is 0 Å². The molecule has 8 heteroatoms. The van der Waals surface area contributed by atoms with Crippen LogP contribution >= 0.6 is 11.8 Å². The average molecular weight is 449 g/mol. The number of nitrogens with zero attached hydrogens (tertiary/aromatic N) is 4. The third-order valence-electron chi connectivity index (χ3n) is 5.52. The Bertz CT molecular complexity index is 1160. The molecule has 1 amide bonds. The summed E-state index contributed by atoms with van der Waals surface area (Å²) in [5, 5.41) is 12.0. The molecule has 7 nitrogen and oxygen atoms in total. The first-order chi connectivity index (χ1) is 15.4. The van der Waals surface area contributed by atoms with E-state index in [1.54, 1.807) is 35.4 Å². The third-order valence-corrected chi connectivity index (χ3v) is 6.72. The average Bonchev–Trinajstić information content (AvgIpc) is 2.81. The van der Waals surface area contributed by atoms with Gasteiger partial charge in [-0.2, -0.15) is 0 Å². The van der Waals surface area contributed by atoms with Gasteiger partial charge in [0, 0.05) is 43.3 Å². The molecule has 1 aliphatic rings. The largest absolute Gasteiger partial charge is 0.362 e. The summed E-state index contributed by atoms with van der Waals surface area (Å²) < 4.78 is 0. The van der Waals surface area contributed by atoms with Crippen molar-refractivity contribution >= 4 is 29.0 Å². The Balaban J connectivity index is 1.49. The molecule has 0 atom stereocenters. The summed E-state index contributed by atoms with van der Waals surface area (Å²) in [6.45, 7) is 6.18. The van der Waals surface area contributed by atoms with E-state index in [2.05, 4.69) is 37.0 Å². The number of carbonyl (C=O) groups excluding carboxylic acids is 1. The maximum absolute atomic E-state index is 13.3. The molecule has 1 saturated heterocycles. The zero-order chi connectivity index (χ0) is 22.7. The van der Waals surface area contributed by atoms with Crippen molar-refractivity contribution in [1.29, 1.82) is 0 Å². The molecule has 1 aromatic heterocycles. The van der Waals surface area contributed by atoms with Crippen molar-refractivity contribution in [3.05, 3.63) is 87.6 Å². The normalized spacial score (nSPS) is 13.8. The zero-order valence-corrected chi connectivity index (χ0v) is 18.8. The fraction of sp³-hybridized carbons (Fsp3) is 0.250. The SMILES string of the molecule is Cc1ccc(Sc2ncccc2C(=O)N2CCN(c3ccccc3[N+](=O)[O-])CC2)c(C)c1. The molecular formula is C24H24N4O3S. The van der Waals surface area contributed by atoms with E-state index in [0.717, 1.165) is 10.5 Å².